The zero-order valence-electron chi connectivity index (χ0n) is 21.5. The fourth-order valence-corrected chi connectivity index (χ4v) is 5.53. The maximum absolute atomic E-state index is 13.5. The molecule has 1 aliphatic heterocycles. The Labute approximate surface area is 208 Å². The highest BCUT2D eigenvalue weighted by molar-refractivity contribution is 5.97. The monoisotopic (exact) mass is 474 g/mol. The van der Waals surface area contributed by atoms with Crippen molar-refractivity contribution >= 4 is 16.8 Å². The number of nitrogens with one attached hydrogen (secondary N) is 1. The number of carbonyl (C=O) groups excluding carboxylic acids is 1. The molecule has 6 heteroatoms. The van der Waals surface area contributed by atoms with Crippen LogP contribution < -0.4 is 10.9 Å². The van der Waals surface area contributed by atoms with Gasteiger partial charge in [-0.3, -0.25) is 19.1 Å². The molecule has 1 saturated heterocycles. The number of amides is 1. The summed E-state index contributed by atoms with van der Waals surface area (Å²) in [6, 6.07) is 15.2. The van der Waals surface area contributed by atoms with Gasteiger partial charge in [-0.15, -0.1) is 0 Å². The van der Waals surface area contributed by atoms with Crippen molar-refractivity contribution in [3.8, 4) is 0 Å². The van der Waals surface area contributed by atoms with Crippen LogP contribution in [0.1, 0.15) is 74.7 Å². The van der Waals surface area contributed by atoms with Crippen molar-refractivity contribution in [3.63, 3.8) is 0 Å². The van der Waals surface area contributed by atoms with Crippen LogP contribution in [0, 0.1) is 11.8 Å². The van der Waals surface area contributed by atoms with Gasteiger partial charge in [-0.2, -0.15) is 0 Å². The minimum Gasteiger partial charge on any atom is -0.348 e. The van der Waals surface area contributed by atoms with E-state index < -0.39 is 0 Å². The lowest BCUT2D eigenvalue weighted by Gasteiger charge is -2.40. The average Bonchev–Trinajstić information content (AvgIpc) is 2.85. The number of nitrogens with zero attached hydrogens (tertiary/aromatic N) is 3. The van der Waals surface area contributed by atoms with Crippen molar-refractivity contribution in [1.29, 1.82) is 0 Å². The van der Waals surface area contributed by atoms with Crippen molar-refractivity contribution in [2.45, 2.75) is 66.1 Å². The first-order valence-electron chi connectivity index (χ1n) is 13.0. The first-order valence-corrected chi connectivity index (χ1v) is 13.0. The van der Waals surface area contributed by atoms with E-state index in [0.717, 1.165) is 37.3 Å². The SMILES string of the molecule is CCCC(c1nc2cc(C(=O)NCc3ccccc3)ccc2c(=O)n1CC)N1C[C@H](C)C[C@H](C)C1. The zero-order valence-corrected chi connectivity index (χ0v) is 21.5. The van der Waals surface area contributed by atoms with E-state index in [0.29, 0.717) is 41.4 Å². The van der Waals surface area contributed by atoms with Crippen LogP contribution in [0.2, 0.25) is 0 Å². The van der Waals surface area contributed by atoms with Gasteiger partial charge in [0, 0.05) is 31.7 Å². The Hall–Kier alpha value is -2.99. The van der Waals surface area contributed by atoms with Crippen LogP contribution in [0.15, 0.2) is 53.3 Å². The lowest BCUT2D eigenvalue weighted by Crippen LogP contribution is -2.43. The molecule has 1 aliphatic rings. The van der Waals surface area contributed by atoms with E-state index in [1.807, 2.05) is 41.8 Å². The molecule has 0 bridgehead atoms. The van der Waals surface area contributed by atoms with Gasteiger partial charge in [0.2, 0.25) is 0 Å². The van der Waals surface area contributed by atoms with Crippen molar-refractivity contribution in [2.24, 2.45) is 11.8 Å². The molecule has 2 heterocycles. The summed E-state index contributed by atoms with van der Waals surface area (Å²) in [5.41, 5.74) is 2.14. The van der Waals surface area contributed by atoms with E-state index in [1.165, 1.54) is 6.42 Å². The van der Waals surface area contributed by atoms with E-state index in [1.54, 1.807) is 18.2 Å². The fourth-order valence-electron chi connectivity index (χ4n) is 5.53. The minimum atomic E-state index is -0.164. The Morgan fingerprint density at radius 2 is 1.80 bits per heavy atom. The largest absolute Gasteiger partial charge is 0.348 e. The summed E-state index contributed by atoms with van der Waals surface area (Å²) in [7, 11) is 0. The minimum absolute atomic E-state index is 0.0250. The number of rotatable bonds is 8. The number of benzene rings is 2. The second kappa shape index (κ2) is 11.2. The van der Waals surface area contributed by atoms with Gasteiger partial charge < -0.3 is 5.32 Å². The molecule has 4 rings (SSSR count). The fraction of sp³-hybridized carbons (Fsp3) is 0.483. The predicted molar refractivity (Wildman–Crippen MR) is 141 cm³/mol. The predicted octanol–water partition coefficient (Wildman–Crippen LogP) is 5.17. The van der Waals surface area contributed by atoms with Crippen molar-refractivity contribution in [2.75, 3.05) is 13.1 Å². The lowest BCUT2D eigenvalue weighted by molar-refractivity contribution is 0.0836. The summed E-state index contributed by atoms with van der Waals surface area (Å²) in [6.07, 6.45) is 3.21. The zero-order chi connectivity index (χ0) is 24.9. The molecule has 3 atom stereocenters. The number of hydrogen-bond donors (Lipinski definition) is 1. The van der Waals surface area contributed by atoms with Crippen molar-refractivity contribution in [1.82, 2.24) is 19.8 Å². The molecule has 1 amide bonds. The molecule has 2 aromatic carbocycles. The first-order chi connectivity index (χ1) is 16.9. The van der Waals surface area contributed by atoms with E-state index in [2.05, 4.69) is 31.0 Å². The normalized spacial score (nSPS) is 19.5. The third kappa shape index (κ3) is 5.64. The van der Waals surface area contributed by atoms with Gasteiger partial charge in [-0.1, -0.05) is 57.5 Å². The molecule has 1 unspecified atom stereocenters. The number of carbonyl (C=O) groups is 1. The maximum atomic E-state index is 13.5. The maximum Gasteiger partial charge on any atom is 0.261 e. The second-order valence-corrected chi connectivity index (χ2v) is 10.1. The van der Waals surface area contributed by atoms with Gasteiger partial charge >= 0.3 is 0 Å². The number of likely N-dealkylation sites (tertiary alicyclic amines) is 1. The summed E-state index contributed by atoms with van der Waals surface area (Å²) >= 11 is 0. The van der Waals surface area contributed by atoms with Crippen LogP contribution in [-0.4, -0.2) is 33.4 Å². The molecule has 0 radical (unpaired) electrons. The van der Waals surface area contributed by atoms with Crippen LogP contribution in [0.4, 0.5) is 0 Å². The molecule has 0 saturated carbocycles. The topological polar surface area (TPSA) is 67.2 Å². The third-order valence-electron chi connectivity index (χ3n) is 7.06. The van der Waals surface area contributed by atoms with E-state index >= 15 is 0 Å². The molecule has 35 heavy (non-hydrogen) atoms. The number of aromatic nitrogens is 2. The Bertz CT molecular complexity index is 1210. The molecule has 186 valence electrons. The van der Waals surface area contributed by atoms with E-state index in [-0.39, 0.29) is 17.5 Å². The summed E-state index contributed by atoms with van der Waals surface area (Å²) in [6.45, 7) is 11.9. The molecular weight excluding hydrogens is 436 g/mol. The standard InChI is InChI=1S/C29H38N4O2/c1-5-10-26(32-18-20(3)15-21(4)19-32)27-31-25-16-23(13-14-24(25)29(35)33(27)6-2)28(34)30-17-22-11-8-7-9-12-22/h7-9,11-14,16,20-21,26H,5-6,10,15,17-19H2,1-4H3,(H,30,34)/t20-,21+,26?. The van der Waals surface area contributed by atoms with Gasteiger partial charge in [0.15, 0.2) is 0 Å². The van der Waals surface area contributed by atoms with Crippen LogP contribution in [0.5, 0.6) is 0 Å². The van der Waals surface area contributed by atoms with E-state index in [4.69, 9.17) is 4.98 Å². The summed E-state index contributed by atoms with van der Waals surface area (Å²) in [5, 5.41) is 3.54. The summed E-state index contributed by atoms with van der Waals surface area (Å²) in [4.78, 5) is 34.0. The third-order valence-corrected chi connectivity index (χ3v) is 7.06. The van der Waals surface area contributed by atoms with Gasteiger partial charge in [0.25, 0.3) is 11.5 Å². The number of piperidine rings is 1. The number of fused-ring (bicyclic) bond motifs is 1. The summed E-state index contributed by atoms with van der Waals surface area (Å²) in [5.74, 6) is 1.91. The van der Waals surface area contributed by atoms with Crippen LogP contribution in [-0.2, 0) is 13.1 Å². The van der Waals surface area contributed by atoms with Crippen molar-refractivity contribution in [3.05, 3.63) is 75.8 Å². The van der Waals surface area contributed by atoms with Crippen LogP contribution in [0.25, 0.3) is 10.9 Å². The Morgan fingerprint density at radius 3 is 2.46 bits per heavy atom. The summed E-state index contributed by atoms with van der Waals surface area (Å²) < 4.78 is 1.84. The Kier molecular flexibility index (Phi) is 8.01. The molecule has 0 spiro atoms. The average molecular weight is 475 g/mol. The van der Waals surface area contributed by atoms with E-state index in [9.17, 15) is 9.59 Å². The molecule has 3 aromatic rings. The van der Waals surface area contributed by atoms with Crippen LogP contribution in [0.3, 0.4) is 0 Å². The van der Waals surface area contributed by atoms with Gasteiger partial charge in [0.1, 0.15) is 5.82 Å². The molecule has 1 N–H and O–H groups in total. The van der Waals surface area contributed by atoms with Crippen molar-refractivity contribution < 1.29 is 4.79 Å². The van der Waals surface area contributed by atoms with Gasteiger partial charge in [0.05, 0.1) is 16.9 Å². The molecule has 1 aromatic heterocycles. The first kappa shape index (κ1) is 25.1. The van der Waals surface area contributed by atoms with Gasteiger partial charge in [-0.25, -0.2) is 4.98 Å². The Balaban J connectivity index is 1.69. The smallest absolute Gasteiger partial charge is 0.261 e. The van der Waals surface area contributed by atoms with Crippen LogP contribution >= 0.6 is 0 Å². The van der Waals surface area contributed by atoms with Gasteiger partial charge in [-0.05, 0) is 55.4 Å². The molecular formula is C29H38N4O2. The lowest BCUT2D eigenvalue weighted by atomic mass is 9.90. The highest BCUT2D eigenvalue weighted by Gasteiger charge is 2.31. The highest BCUT2D eigenvalue weighted by Crippen LogP contribution is 2.32. The molecule has 1 fully saturated rings. The second-order valence-electron chi connectivity index (χ2n) is 10.1. The molecule has 0 aliphatic carbocycles. The highest BCUT2D eigenvalue weighted by atomic mass is 16.1. The Morgan fingerprint density at radius 1 is 1.09 bits per heavy atom. The number of hydrogen-bond acceptors (Lipinski definition) is 4. The molecule has 6 nitrogen and oxygen atoms in total. The quantitative estimate of drug-likeness (QED) is 0.489.